The lowest BCUT2D eigenvalue weighted by atomic mass is 9.82. The van der Waals surface area contributed by atoms with Crippen LogP contribution in [0.2, 0.25) is 0 Å². The molecule has 0 heterocycles. The molecule has 2 aromatic rings. The zero-order valence-corrected chi connectivity index (χ0v) is 20.2. The number of amides is 2. The minimum atomic E-state index is -0.911. The Morgan fingerprint density at radius 2 is 1.51 bits per heavy atom. The van der Waals surface area contributed by atoms with Crippen molar-refractivity contribution in [2.45, 2.75) is 69.9 Å². The zero-order valence-electron chi connectivity index (χ0n) is 20.2. The third-order valence-corrected chi connectivity index (χ3v) is 7.16. The smallest absolute Gasteiger partial charge is 0.407 e. The number of aliphatic carboxylic acids is 1. The largest absolute Gasteiger partial charge is 0.481 e. The molecule has 1 saturated carbocycles. The molecule has 7 heteroatoms. The topological polar surface area (TPSA) is 105 Å². The van der Waals surface area contributed by atoms with E-state index in [2.05, 4.69) is 34.9 Å². The summed E-state index contributed by atoms with van der Waals surface area (Å²) in [6, 6.07) is 15.5. The molecule has 2 atom stereocenters. The van der Waals surface area contributed by atoms with Gasteiger partial charge in [0, 0.05) is 24.4 Å². The van der Waals surface area contributed by atoms with Crippen molar-refractivity contribution in [3.63, 3.8) is 0 Å². The first-order chi connectivity index (χ1) is 16.9. The Morgan fingerprint density at radius 3 is 2.11 bits per heavy atom. The summed E-state index contributed by atoms with van der Waals surface area (Å²) in [5.41, 5.74) is 4.61. The molecule has 0 bridgehead atoms. The second-order valence-corrected chi connectivity index (χ2v) is 9.75. The van der Waals surface area contributed by atoms with Crippen LogP contribution in [0.5, 0.6) is 0 Å². The van der Waals surface area contributed by atoms with Crippen LogP contribution in [0.4, 0.5) is 4.79 Å². The minimum Gasteiger partial charge on any atom is -0.481 e. The van der Waals surface area contributed by atoms with E-state index in [1.165, 1.54) is 0 Å². The van der Waals surface area contributed by atoms with Gasteiger partial charge < -0.3 is 20.5 Å². The van der Waals surface area contributed by atoms with Gasteiger partial charge in [-0.3, -0.25) is 9.59 Å². The number of carboxylic acid groups (broad SMARTS) is 1. The second kappa shape index (κ2) is 11.4. The van der Waals surface area contributed by atoms with Crippen molar-refractivity contribution < 1.29 is 24.2 Å². The van der Waals surface area contributed by atoms with E-state index in [9.17, 15) is 19.5 Å². The third kappa shape index (κ3) is 6.21. The summed E-state index contributed by atoms with van der Waals surface area (Å²) in [7, 11) is 0. The number of carbonyl (C=O) groups excluding carboxylic acids is 2. The van der Waals surface area contributed by atoms with E-state index in [1.54, 1.807) is 6.92 Å². The molecular weight excluding hydrogens is 444 g/mol. The molecule has 2 aliphatic carbocycles. The predicted octanol–water partition coefficient (Wildman–Crippen LogP) is 4.84. The fourth-order valence-corrected chi connectivity index (χ4v) is 5.50. The van der Waals surface area contributed by atoms with Crippen LogP contribution in [0, 0.1) is 5.92 Å². The first kappa shape index (κ1) is 24.8. The van der Waals surface area contributed by atoms with Crippen LogP contribution in [0.1, 0.15) is 68.9 Å². The maximum atomic E-state index is 12.6. The van der Waals surface area contributed by atoms with Crippen LogP contribution in [0.15, 0.2) is 48.5 Å². The van der Waals surface area contributed by atoms with Gasteiger partial charge in [0.1, 0.15) is 6.61 Å². The lowest BCUT2D eigenvalue weighted by molar-refractivity contribution is -0.138. The predicted molar refractivity (Wildman–Crippen MR) is 133 cm³/mol. The van der Waals surface area contributed by atoms with Crippen LogP contribution >= 0.6 is 0 Å². The SMILES string of the molecule is C[C@H](CC(=O)NC(CC(=O)O)C1CCCCC1)NC(=O)OCC1c2ccccc2-c2ccccc21. The van der Waals surface area contributed by atoms with Gasteiger partial charge in [-0.1, -0.05) is 67.8 Å². The van der Waals surface area contributed by atoms with Gasteiger partial charge in [0.2, 0.25) is 5.91 Å². The van der Waals surface area contributed by atoms with Crippen molar-refractivity contribution >= 4 is 18.0 Å². The molecule has 2 aliphatic rings. The van der Waals surface area contributed by atoms with E-state index in [0.29, 0.717) is 0 Å². The summed E-state index contributed by atoms with van der Waals surface area (Å²) in [5, 5.41) is 14.9. The average Bonchev–Trinajstić information content (AvgIpc) is 3.16. The first-order valence-electron chi connectivity index (χ1n) is 12.5. The number of hydrogen-bond acceptors (Lipinski definition) is 4. The summed E-state index contributed by atoms with van der Waals surface area (Å²) in [4.78, 5) is 36.4. The highest BCUT2D eigenvalue weighted by Crippen LogP contribution is 2.44. The normalized spacial score (nSPS) is 17.1. The average molecular weight is 479 g/mol. The van der Waals surface area contributed by atoms with E-state index in [1.807, 2.05) is 24.3 Å². The maximum absolute atomic E-state index is 12.6. The molecule has 0 saturated heterocycles. The highest BCUT2D eigenvalue weighted by atomic mass is 16.5. The van der Waals surface area contributed by atoms with Crippen LogP contribution in [-0.4, -0.2) is 41.8 Å². The Morgan fingerprint density at radius 1 is 0.914 bits per heavy atom. The standard InChI is InChI=1S/C28H34N2O5/c1-18(15-26(31)30-25(16-27(32)33)19-9-3-2-4-10-19)29-28(34)35-17-24-22-13-7-5-11-20(22)21-12-6-8-14-23(21)24/h5-8,11-14,18-19,24-25H,2-4,9-10,15-17H2,1H3,(H,29,34)(H,30,31)(H,32,33)/t18-,25?/m1/s1. The highest BCUT2D eigenvalue weighted by Gasteiger charge is 2.30. The highest BCUT2D eigenvalue weighted by molar-refractivity contribution is 5.80. The number of carboxylic acids is 1. The van der Waals surface area contributed by atoms with Gasteiger partial charge in [0.05, 0.1) is 6.42 Å². The van der Waals surface area contributed by atoms with Crippen LogP contribution < -0.4 is 10.6 Å². The Kier molecular flexibility index (Phi) is 8.06. The van der Waals surface area contributed by atoms with Gasteiger partial charge >= 0.3 is 12.1 Å². The number of rotatable bonds is 9. The number of alkyl carbamates (subject to hydrolysis) is 1. The van der Waals surface area contributed by atoms with E-state index >= 15 is 0 Å². The molecule has 0 radical (unpaired) electrons. The number of benzene rings is 2. The molecule has 2 aromatic carbocycles. The number of fused-ring (bicyclic) bond motifs is 3. The van der Waals surface area contributed by atoms with Gasteiger partial charge in [-0.25, -0.2) is 4.79 Å². The minimum absolute atomic E-state index is 0.0287. The van der Waals surface area contributed by atoms with Gasteiger partial charge in [-0.2, -0.15) is 0 Å². The van der Waals surface area contributed by atoms with Crippen LogP contribution in [0.25, 0.3) is 11.1 Å². The van der Waals surface area contributed by atoms with Crippen LogP contribution in [-0.2, 0) is 14.3 Å². The lowest BCUT2D eigenvalue weighted by Crippen LogP contribution is -2.45. The molecule has 2 amide bonds. The molecule has 1 fully saturated rings. The molecule has 0 aromatic heterocycles. The Labute approximate surface area is 206 Å². The fourth-order valence-electron chi connectivity index (χ4n) is 5.50. The van der Waals surface area contributed by atoms with E-state index in [0.717, 1.165) is 54.4 Å². The Bertz CT molecular complexity index is 1020. The summed E-state index contributed by atoms with van der Waals surface area (Å²) in [5.74, 6) is -1.01. The van der Waals surface area contributed by atoms with E-state index in [-0.39, 0.29) is 43.2 Å². The lowest BCUT2D eigenvalue weighted by Gasteiger charge is -2.30. The molecule has 3 N–H and O–H groups in total. The van der Waals surface area contributed by atoms with Gasteiger partial charge in [0.25, 0.3) is 0 Å². The van der Waals surface area contributed by atoms with Crippen molar-refractivity contribution in [1.82, 2.24) is 10.6 Å². The molecule has 4 rings (SSSR count). The van der Waals surface area contributed by atoms with Gasteiger partial charge in [-0.05, 0) is 47.9 Å². The molecule has 0 spiro atoms. The van der Waals surface area contributed by atoms with Gasteiger partial charge in [0.15, 0.2) is 0 Å². The third-order valence-electron chi connectivity index (χ3n) is 7.16. The summed E-state index contributed by atoms with van der Waals surface area (Å²) < 4.78 is 5.56. The number of nitrogens with one attached hydrogen (secondary N) is 2. The fraction of sp³-hybridized carbons (Fsp3) is 0.464. The first-order valence-corrected chi connectivity index (χ1v) is 12.5. The zero-order chi connectivity index (χ0) is 24.8. The maximum Gasteiger partial charge on any atom is 0.407 e. The van der Waals surface area contributed by atoms with Crippen molar-refractivity contribution in [3.8, 4) is 11.1 Å². The number of hydrogen-bond donors (Lipinski definition) is 3. The van der Waals surface area contributed by atoms with Crippen molar-refractivity contribution in [2.24, 2.45) is 5.92 Å². The molecule has 0 aliphatic heterocycles. The molecule has 1 unspecified atom stereocenters. The monoisotopic (exact) mass is 478 g/mol. The number of carbonyl (C=O) groups is 3. The van der Waals surface area contributed by atoms with E-state index in [4.69, 9.17) is 4.74 Å². The molecule has 7 nitrogen and oxygen atoms in total. The molecule has 186 valence electrons. The summed E-state index contributed by atoms with van der Waals surface area (Å²) in [6.07, 6.45) is 4.58. The summed E-state index contributed by atoms with van der Waals surface area (Å²) in [6.45, 7) is 1.95. The summed E-state index contributed by atoms with van der Waals surface area (Å²) >= 11 is 0. The van der Waals surface area contributed by atoms with Crippen molar-refractivity contribution in [1.29, 1.82) is 0 Å². The second-order valence-electron chi connectivity index (χ2n) is 9.75. The van der Waals surface area contributed by atoms with Crippen LogP contribution in [0.3, 0.4) is 0 Å². The molecule has 35 heavy (non-hydrogen) atoms. The Hall–Kier alpha value is -3.35. The van der Waals surface area contributed by atoms with Crippen molar-refractivity contribution in [2.75, 3.05) is 6.61 Å². The Balaban J connectivity index is 1.28. The van der Waals surface area contributed by atoms with Crippen molar-refractivity contribution in [3.05, 3.63) is 59.7 Å². The molecular formula is C28H34N2O5. The van der Waals surface area contributed by atoms with E-state index < -0.39 is 18.1 Å². The quantitative estimate of drug-likeness (QED) is 0.478. The van der Waals surface area contributed by atoms with Gasteiger partial charge in [-0.15, -0.1) is 0 Å². The number of ether oxygens (including phenoxy) is 1.